The van der Waals surface area contributed by atoms with Gasteiger partial charge in [-0.05, 0) is 70.3 Å². The minimum absolute atomic E-state index is 0.0246. The van der Waals surface area contributed by atoms with Crippen LogP contribution >= 0.6 is 11.6 Å². The lowest BCUT2D eigenvalue weighted by molar-refractivity contribution is -0.122. The van der Waals surface area contributed by atoms with Gasteiger partial charge in [0.1, 0.15) is 5.75 Å². The molecule has 2 atom stereocenters. The van der Waals surface area contributed by atoms with Gasteiger partial charge in [-0.25, -0.2) is 0 Å². The quantitative estimate of drug-likeness (QED) is 0.399. The highest BCUT2D eigenvalue weighted by atomic mass is 35.5. The first kappa shape index (κ1) is 20.5. The van der Waals surface area contributed by atoms with Crippen LogP contribution in [0.25, 0.3) is 21.9 Å². The Hall–Kier alpha value is -3.37. The first-order valence-corrected chi connectivity index (χ1v) is 11.0. The molecule has 3 aromatic carbocycles. The number of benzene rings is 3. The zero-order valence-corrected chi connectivity index (χ0v) is 18.5. The molecule has 0 aliphatic heterocycles. The topological polar surface area (TPSA) is 51.2 Å². The fourth-order valence-electron chi connectivity index (χ4n) is 4.32. The summed E-state index contributed by atoms with van der Waals surface area (Å²) < 4.78 is 5.39. The van der Waals surface area contributed by atoms with Crippen molar-refractivity contribution in [2.75, 3.05) is 7.11 Å². The summed E-state index contributed by atoms with van der Waals surface area (Å²) in [7, 11) is 1.67. The molecule has 0 radical (unpaired) electrons. The van der Waals surface area contributed by atoms with Crippen molar-refractivity contribution in [1.29, 1.82) is 0 Å². The number of fused-ring (bicyclic) bond motifs is 1. The van der Waals surface area contributed by atoms with Crippen LogP contribution in [0.1, 0.15) is 23.5 Å². The Morgan fingerprint density at radius 2 is 1.94 bits per heavy atom. The lowest BCUT2D eigenvalue weighted by atomic mass is 9.96. The van der Waals surface area contributed by atoms with Crippen molar-refractivity contribution >= 4 is 28.3 Å². The molecular formula is C27H23ClN2O2. The summed E-state index contributed by atoms with van der Waals surface area (Å²) in [5, 5.41) is 5.99. The Morgan fingerprint density at radius 3 is 2.75 bits per heavy atom. The normalized spacial score (nSPS) is 17.2. The summed E-state index contributed by atoms with van der Waals surface area (Å²) >= 11 is 5.98. The van der Waals surface area contributed by atoms with Gasteiger partial charge < -0.3 is 10.1 Å². The number of amides is 1. The molecule has 4 nitrogen and oxygen atoms in total. The van der Waals surface area contributed by atoms with E-state index in [1.165, 1.54) is 5.56 Å². The van der Waals surface area contributed by atoms with Gasteiger partial charge >= 0.3 is 0 Å². The molecule has 1 aromatic heterocycles. The van der Waals surface area contributed by atoms with Crippen LogP contribution < -0.4 is 10.1 Å². The molecule has 1 N–H and O–H groups in total. The van der Waals surface area contributed by atoms with Gasteiger partial charge in [-0.1, -0.05) is 48.0 Å². The monoisotopic (exact) mass is 442 g/mol. The van der Waals surface area contributed by atoms with Crippen LogP contribution in [0, 0.1) is 5.92 Å². The number of carbonyl (C=O) groups excluding carboxylic acids is 1. The number of halogens is 1. The molecule has 1 amide bonds. The zero-order valence-electron chi connectivity index (χ0n) is 17.7. The van der Waals surface area contributed by atoms with Crippen LogP contribution in [0.15, 0.2) is 79.1 Å². The highest BCUT2D eigenvalue weighted by Gasteiger charge is 2.43. The summed E-state index contributed by atoms with van der Waals surface area (Å²) in [6.07, 6.45) is 4.55. The predicted molar refractivity (Wildman–Crippen MR) is 128 cm³/mol. The Labute approximate surface area is 192 Å². The first-order valence-electron chi connectivity index (χ1n) is 10.7. The largest absolute Gasteiger partial charge is 0.497 e. The molecule has 1 aliphatic rings. The van der Waals surface area contributed by atoms with Gasteiger partial charge in [0.05, 0.1) is 7.11 Å². The number of nitrogens with one attached hydrogen (secondary N) is 1. The Balaban J connectivity index is 1.34. The maximum Gasteiger partial charge on any atom is 0.224 e. The van der Waals surface area contributed by atoms with E-state index in [9.17, 15) is 4.79 Å². The van der Waals surface area contributed by atoms with E-state index < -0.39 is 0 Å². The van der Waals surface area contributed by atoms with E-state index in [0.29, 0.717) is 11.6 Å². The van der Waals surface area contributed by atoms with E-state index in [0.717, 1.165) is 39.6 Å². The number of rotatable bonds is 6. The molecule has 0 spiro atoms. The van der Waals surface area contributed by atoms with Crippen LogP contribution in [-0.2, 0) is 11.3 Å². The van der Waals surface area contributed by atoms with Gasteiger partial charge in [-0.15, -0.1) is 0 Å². The second kappa shape index (κ2) is 8.64. The smallest absolute Gasteiger partial charge is 0.224 e. The second-order valence-electron chi connectivity index (χ2n) is 8.14. The third kappa shape index (κ3) is 4.06. The van der Waals surface area contributed by atoms with Crippen LogP contribution in [0.4, 0.5) is 0 Å². The lowest BCUT2D eigenvalue weighted by Crippen LogP contribution is -2.25. The third-order valence-corrected chi connectivity index (χ3v) is 6.42. The Kier molecular flexibility index (Phi) is 5.54. The van der Waals surface area contributed by atoms with Crippen LogP contribution in [0.2, 0.25) is 5.02 Å². The molecule has 1 aliphatic carbocycles. The third-order valence-electron chi connectivity index (χ3n) is 6.17. The standard InChI is InChI=1S/C27H23ClN2O2/c1-32-21-4-2-3-18(13-21)22-10-7-19(26-16-29-12-11-23(22)26)15-30-27(31)25-14-24(25)17-5-8-20(28)9-6-17/h2-13,16,24-25H,14-15H2,1H3,(H,30,31). The van der Waals surface area contributed by atoms with Crippen molar-refractivity contribution in [3.63, 3.8) is 0 Å². The first-order chi connectivity index (χ1) is 15.6. The number of carbonyl (C=O) groups is 1. The molecule has 1 saturated carbocycles. The zero-order chi connectivity index (χ0) is 22.1. The molecule has 4 aromatic rings. The minimum atomic E-state index is 0.0246. The molecule has 1 heterocycles. The maximum atomic E-state index is 12.8. The van der Waals surface area contributed by atoms with Crippen LogP contribution in [-0.4, -0.2) is 18.0 Å². The highest BCUT2D eigenvalue weighted by Crippen LogP contribution is 2.47. The molecule has 2 unspecified atom stereocenters. The summed E-state index contributed by atoms with van der Waals surface area (Å²) in [6, 6.07) is 22.0. The van der Waals surface area contributed by atoms with Crippen molar-refractivity contribution in [3.8, 4) is 16.9 Å². The van der Waals surface area contributed by atoms with E-state index in [-0.39, 0.29) is 17.7 Å². The predicted octanol–water partition coefficient (Wildman–Crippen LogP) is 5.98. The summed E-state index contributed by atoms with van der Waals surface area (Å²) in [4.78, 5) is 17.1. The molecular weight excluding hydrogens is 420 g/mol. The van der Waals surface area contributed by atoms with Crippen molar-refractivity contribution in [3.05, 3.63) is 95.3 Å². The van der Waals surface area contributed by atoms with Gasteiger partial charge in [-0.2, -0.15) is 0 Å². The summed E-state index contributed by atoms with van der Waals surface area (Å²) in [5.41, 5.74) is 4.42. The average Bonchev–Trinajstić information content (AvgIpc) is 3.64. The number of nitrogens with zero attached hydrogens (tertiary/aromatic N) is 1. The second-order valence-corrected chi connectivity index (χ2v) is 8.58. The molecule has 0 saturated heterocycles. The fourth-order valence-corrected chi connectivity index (χ4v) is 4.45. The van der Waals surface area contributed by atoms with Crippen LogP contribution in [0.5, 0.6) is 5.75 Å². The number of aromatic nitrogens is 1. The van der Waals surface area contributed by atoms with E-state index >= 15 is 0 Å². The van der Waals surface area contributed by atoms with Gasteiger partial charge in [0.25, 0.3) is 0 Å². The molecule has 0 bridgehead atoms. The van der Waals surface area contributed by atoms with E-state index in [4.69, 9.17) is 16.3 Å². The number of ether oxygens (including phenoxy) is 1. The summed E-state index contributed by atoms with van der Waals surface area (Å²) in [6.45, 7) is 0.475. The number of methoxy groups -OCH3 is 1. The van der Waals surface area contributed by atoms with Crippen molar-refractivity contribution in [2.24, 2.45) is 5.92 Å². The van der Waals surface area contributed by atoms with Gasteiger partial charge in [-0.3, -0.25) is 9.78 Å². The van der Waals surface area contributed by atoms with E-state index in [1.54, 1.807) is 13.3 Å². The van der Waals surface area contributed by atoms with Crippen molar-refractivity contribution in [1.82, 2.24) is 10.3 Å². The number of hydrogen-bond donors (Lipinski definition) is 1. The fraction of sp³-hybridized carbons (Fsp3) is 0.185. The highest BCUT2D eigenvalue weighted by molar-refractivity contribution is 6.30. The SMILES string of the molecule is COc1cccc(-c2ccc(CNC(=O)C3CC3c3ccc(Cl)cc3)c3cnccc23)c1. The van der Waals surface area contributed by atoms with Crippen molar-refractivity contribution in [2.45, 2.75) is 18.9 Å². The number of hydrogen-bond acceptors (Lipinski definition) is 3. The molecule has 160 valence electrons. The van der Waals surface area contributed by atoms with E-state index in [1.807, 2.05) is 54.7 Å². The number of pyridine rings is 1. The molecule has 5 heteroatoms. The maximum absolute atomic E-state index is 12.8. The van der Waals surface area contributed by atoms with Crippen molar-refractivity contribution < 1.29 is 9.53 Å². The lowest BCUT2D eigenvalue weighted by Gasteiger charge is -2.13. The Bertz CT molecular complexity index is 1290. The van der Waals surface area contributed by atoms with Gasteiger partial charge in [0.2, 0.25) is 5.91 Å². The van der Waals surface area contributed by atoms with E-state index in [2.05, 4.69) is 28.5 Å². The molecule has 32 heavy (non-hydrogen) atoms. The Morgan fingerprint density at radius 1 is 1.09 bits per heavy atom. The summed E-state index contributed by atoms with van der Waals surface area (Å²) in [5.74, 6) is 1.22. The van der Waals surface area contributed by atoms with Gasteiger partial charge in [0, 0.05) is 35.3 Å². The molecule has 5 rings (SSSR count). The molecule has 1 fully saturated rings. The van der Waals surface area contributed by atoms with Gasteiger partial charge in [0.15, 0.2) is 0 Å². The van der Waals surface area contributed by atoms with Crippen LogP contribution in [0.3, 0.4) is 0 Å². The average molecular weight is 443 g/mol. The minimum Gasteiger partial charge on any atom is -0.497 e.